The first kappa shape index (κ1) is 23.7. The van der Waals surface area contributed by atoms with Crippen molar-refractivity contribution in [3.05, 3.63) is 88.5 Å². The van der Waals surface area contributed by atoms with Gasteiger partial charge in [0, 0.05) is 17.7 Å². The molecule has 10 heteroatoms. The van der Waals surface area contributed by atoms with Crippen LogP contribution in [0.2, 0.25) is 0 Å². The summed E-state index contributed by atoms with van der Waals surface area (Å²) in [4.78, 5) is 35.0. The maximum Gasteiger partial charge on any atom is 0.302 e. The molecule has 2 aliphatic heterocycles. The fourth-order valence-corrected chi connectivity index (χ4v) is 4.95. The number of carbonyl (C=O) groups is 2. The SMILES string of the molecule is COc1cccc(C2/C(=C(\O)c3ccc4c(c3)CCCO4)C(=O)C(=O)N2c2nc3cc(F)c(F)cc3[nH]2)c1. The largest absolute Gasteiger partial charge is 0.507 e. The van der Waals surface area contributed by atoms with Crippen LogP contribution in [0, 0.1) is 11.6 Å². The van der Waals surface area contributed by atoms with Gasteiger partial charge in [0.25, 0.3) is 5.78 Å². The minimum absolute atomic E-state index is 0.0693. The Balaban J connectivity index is 1.55. The van der Waals surface area contributed by atoms with Crippen LogP contribution in [-0.4, -0.2) is 40.5 Å². The quantitative estimate of drug-likeness (QED) is 0.229. The normalized spacial score (nSPS) is 18.5. The highest BCUT2D eigenvalue weighted by atomic mass is 19.2. The molecule has 0 spiro atoms. The number of halogens is 2. The summed E-state index contributed by atoms with van der Waals surface area (Å²) in [6.07, 6.45) is 1.56. The lowest BCUT2D eigenvalue weighted by Crippen LogP contribution is -2.30. The molecule has 38 heavy (non-hydrogen) atoms. The molecule has 3 heterocycles. The number of anilines is 1. The Hall–Kier alpha value is -4.73. The van der Waals surface area contributed by atoms with Gasteiger partial charge in [-0.15, -0.1) is 0 Å². The highest BCUT2D eigenvalue weighted by Gasteiger charge is 2.48. The van der Waals surface area contributed by atoms with Crippen molar-refractivity contribution in [2.24, 2.45) is 0 Å². The number of benzene rings is 3. The minimum atomic E-state index is -1.10. The molecule has 2 N–H and O–H groups in total. The van der Waals surface area contributed by atoms with Crippen LogP contribution in [0.3, 0.4) is 0 Å². The Morgan fingerprint density at radius 3 is 2.76 bits per heavy atom. The van der Waals surface area contributed by atoms with E-state index in [4.69, 9.17) is 9.47 Å². The number of carbonyl (C=O) groups excluding carboxylic acids is 2. The Kier molecular flexibility index (Phi) is 5.59. The Morgan fingerprint density at radius 1 is 1.13 bits per heavy atom. The number of rotatable bonds is 4. The van der Waals surface area contributed by atoms with Crippen molar-refractivity contribution in [1.29, 1.82) is 0 Å². The number of nitrogens with zero attached hydrogens (tertiary/aromatic N) is 2. The molecule has 4 aromatic rings. The molecule has 1 unspecified atom stereocenters. The maximum atomic E-state index is 13.9. The van der Waals surface area contributed by atoms with Crippen molar-refractivity contribution in [2.45, 2.75) is 18.9 Å². The predicted molar refractivity (Wildman–Crippen MR) is 134 cm³/mol. The second-order valence-electron chi connectivity index (χ2n) is 9.06. The lowest BCUT2D eigenvalue weighted by Gasteiger charge is -2.23. The third kappa shape index (κ3) is 3.76. The van der Waals surface area contributed by atoms with E-state index < -0.39 is 29.4 Å². The van der Waals surface area contributed by atoms with Crippen LogP contribution < -0.4 is 14.4 Å². The van der Waals surface area contributed by atoms with Gasteiger partial charge in [0.2, 0.25) is 5.95 Å². The van der Waals surface area contributed by atoms with Crippen molar-refractivity contribution < 1.29 is 33.0 Å². The molecule has 6 rings (SSSR count). The molecule has 1 fully saturated rings. The number of hydrogen-bond acceptors (Lipinski definition) is 6. The number of ether oxygens (including phenoxy) is 2. The maximum absolute atomic E-state index is 13.9. The fraction of sp³-hybridized carbons (Fsp3) is 0.179. The number of fused-ring (bicyclic) bond motifs is 2. The molecule has 0 radical (unpaired) electrons. The average Bonchev–Trinajstić information content (AvgIpc) is 3.45. The highest BCUT2D eigenvalue weighted by molar-refractivity contribution is 6.51. The van der Waals surface area contributed by atoms with E-state index in [1.807, 2.05) is 0 Å². The van der Waals surface area contributed by atoms with E-state index in [0.717, 1.165) is 35.4 Å². The number of aliphatic hydroxyl groups excluding tert-OH is 1. The topological polar surface area (TPSA) is 105 Å². The number of H-pyrrole nitrogens is 1. The van der Waals surface area contributed by atoms with Gasteiger partial charge in [0.1, 0.15) is 17.3 Å². The van der Waals surface area contributed by atoms with E-state index >= 15 is 0 Å². The van der Waals surface area contributed by atoms with Gasteiger partial charge in [-0.1, -0.05) is 12.1 Å². The van der Waals surface area contributed by atoms with Crippen molar-refractivity contribution in [1.82, 2.24) is 9.97 Å². The second kappa shape index (κ2) is 8.98. The van der Waals surface area contributed by atoms with E-state index in [1.165, 1.54) is 7.11 Å². The average molecular weight is 517 g/mol. The number of methoxy groups -OCH3 is 1. The smallest absolute Gasteiger partial charge is 0.302 e. The number of ketones is 1. The third-order valence-corrected chi connectivity index (χ3v) is 6.78. The number of aliphatic hydroxyl groups is 1. The van der Waals surface area contributed by atoms with Crippen molar-refractivity contribution in [3.8, 4) is 11.5 Å². The summed E-state index contributed by atoms with van der Waals surface area (Å²) < 4.78 is 38.7. The third-order valence-electron chi connectivity index (χ3n) is 6.78. The van der Waals surface area contributed by atoms with Gasteiger partial charge >= 0.3 is 5.91 Å². The van der Waals surface area contributed by atoms with Gasteiger partial charge in [-0.05, 0) is 54.3 Å². The molecule has 192 valence electrons. The molecule has 1 atom stereocenters. The van der Waals surface area contributed by atoms with Crippen molar-refractivity contribution in [3.63, 3.8) is 0 Å². The van der Waals surface area contributed by atoms with E-state index in [-0.39, 0.29) is 28.3 Å². The first-order valence-electron chi connectivity index (χ1n) is 11.9. The molecule has 1 amide bonds. The zero-order chi connectivity index (χ0) is 26.6. The predicted octanol–water partition coefficient (Wildman–Crippen LogP) is 4.80. The van der Waals surface area contributed by atoms with Gasteiger partial charge in [0.15, 0.2) is 11.6 Å². The van der Waals surface area contributed by atoms with Gasteiger partial charge in [-0.3, -0.25) is 14.5 Å². The highest BCUT2D eigenvalue weighted by Crippen LogP contribution is 2.43. The van der Waals surface area contributed by atoms with E-state index in [2.05, 4.69) is 9.97 Å². The number of aryl methyl sites for hydroxylation is 1. The summed E-state index contributed by atoms with van der Waals surface area (Å²) in [5, 5.41) is 11.4. The van der Waals surface area contributed by atoms with Gasteiger partial charge in [-0.2, -0.15) is 0 Å². The van der Waals surface area contributed by atoms with Crippen LogP contribution in [-0.2, 0) is 16.0 Å². The lowest BCUT2D eigenvalue weighted by atomic mass is 9.94. The number of imidazole rings is 1. The van der Waals surface area contributed by atoms with E-state index in [1.54, 1.807) is 42.5 Å². The van der Waals surface area contributed by atoms with Crippen molar-refractivity contribution in [2.75, 3.05) is 18.6 Å². The number of nitrogens with one attached hydrogen (secondary N) is 1. The van der Waals surface area contributed by atoms with E-state index in [0.29, 0.717) is 29.2 Å². The van der Waals surface area contributed by atoms with Gasteiger partial charge < -0.3 is 19.6 Å². The molecule has 1 saturated heterocycles. The summed E-state index contributed by atoms with van der Waals surface area (Å²) in [6.45, 7) is 0.602. The summed E-state index contributed by atoms with van der Waals surface area (Å²) in [6, 6.07) is 12.5. The monoisotopic (exact) mass is 517 g/mol. The van der Waals surface area contributed by atoms with Crippen molar-refractivity contribution >= 4 is 34.4 Å². The molecule has 0 bridgehead atoms. The van der Waals surface area contributed by atoms with Crippen LogP contribution in [0.15, 0.2) is 60.2 Å². The first-order valence-corrected chi connectivity index (χ1v) is 11.9. The zero-order valence-corrected chi connectivity index (χ0v) is 20.1. The Morgan fingerprint density at radius 2 is 1.95 bits per heavy atom. The minimum Gasteiger partial charge on any atom is -0.507 e. The first-order chi connectivity index (χ1) is 18.4. The number of aromatic amines is 1. The number of Topliss-reactive ketones (excluding diaryl/α,β-unsaturated/α-hetero) is 1. The fourth-order valence-electron chi connectivity index (χ4n) is 4.95. The Labute approximate surface area is 215 Å². The molecule has 0 aliphatic carbocycles. The molecule has 8 nitrogen and oxygen atoms in total. The second-order valence-corrected chi connectivity index (χ2v) is 9.06. The van der Waals surface area contributed by atoms with Gasteiger partial charge in [-0.25, -0.2) is 13.8 Å². The molecule has 3 aromatic carbocycles. The number of aromatic nitrogens is 2. The summed E-state index contributed by atoms with van der Waals surface area (Å²) in [5.41, 5.74) is 1.75. The summed E-state index contributed by atoms with van der Waals surface area (Å²) >= 11 is 0. The van der Waals surface area contributed by atoms with Crippen LogP contribution in [0.4, 0.5) is 14.7 Å². The molecular weight excluding hydrogens is 496 g/mol. The molecular formula is C28H21F2N3O5. The number of amides is 1. The molecule has 2 aliphatic rings. The summed E-state index contributed by atoms with van der Waals surface area (Å²) in [5.74, 6) is -3.36. The zero-order valence-electron chi connectivity index (χ0n) is 20.1. The van der Waals surface area contributed by atoms with Crippen LogP contribution in [0.1, 0.15) is 29.2 Å². The lowest BCUT2D eigenvalue weighted by molar-refractivity contribution is -0.132. The van der Waals surface area contributed by atoms with Crippen LogP contribution >= 0.6 is 0 Å². The van der Waals surface area contributed by atoms with Gasteiger partial charge in [0.05, 0.1) is 36.4 Å². The molecule has 0 saturated carbocycles. The van der Waals surface area contributed by atoms with Crippen LogP contribution in [0.25, 0.3) is 16.8 Å². The number of hydrogen-bond donors (Lipinski definition) is 2. The Bertz CT molecular complexity index is 1620. The van der Waals surface area contributed by atoms with Crippen LogP contribution in [0.5, 0.6) is 11.5 Å². The standard InChI is InChI=1S/C28H21F2N3O5/c1-37-17-6-2-4-15(11-17)24-23(25(34)16-7-8-22-14(10-16)5-3-9-38-22)26(35)27(36)33(24)28-31-20-12-18(29)19(30)13-21(20)32-28/h2,4,6-8,10-13,24,34H,3,5,9H2,1H3,(H,31,32)/b25-23+. The van der Waals surface area contributed by atoms with E-state index in [9.17, 15) is 23.5 Å². The summed E-state index contributed by atoms with van der Waals surface area (Å²) in [7, 11) is 1.48. The molecule has 1 aromatic heterocycles.